The lowest BCUT2D eigenvalue weighted by molar-refractivity contribution is 0.0699. The average molecular weight is 289 g/mol. The standard InChI is InChI=1S/C16H19NO2S/c1-11(10-20-2)9-17-15-8-7-14(16(18)19)12-5-3-4-6-13(12)15/h3-8,11,17H,9-10H2,1-2H3,(H,18,19). The van der Waals surface area contributed by atoms with Gasteiger partial charge in [-0.05, 0) is 35.4 Å². The normalized spacial score (nSPS) is 12.3. The number of hydrogen-bond donors (Lipinski definition) is 2. The van der Waals surface area contributed by atoms with Crippen LogP contribution in [0.25, 0.3) is 10.8 Å². The van der Waals surface area contributed by atoms with Crippen molar-refractivity contribution >= 4 is 34.2 Å². The predicted octanol–water partition coefficient (Wildman–Crippen LogP) is 3.95. The van der Waals surface area contributed by atoms with Gasteiger partial charge in [0, 0.05) is 17.6 Å². The van der Waals surface area contributed by atoms with Gasteiger partial charge in [-0.3, -0.25) is 0 Å². The van der Waals surface area contributed by atoms with E-state index in [2.05, 4.69) is 18.5 Å². The van der Waals surface area contributed by atoms with Gasteiger partial charge < -0.3 is 10.4 Å². The number of hydrogen-bond acceptors (Lipinski definition) is 3. The van der Waals surface area contributed by atoms with Crippen molar-refractivity contribution in [2.45, 2.75) is 6.92 Å². The average Bonchev–Trinajstić information content (AvgIpc) is 2.44. The van der Waals surface area contributed by atoms with Crippen LogP contribution in [-0.4, -0.2) is 29.6 Å². The summed E-state index contributed by atoms with van der Waals surface area (Å²) in [6.45, 7) is 3.09. The maximum Gasteiger partial charge on any atom is 0.336 e. The van der Waals surface area contributed by atoms with Crippen molar-refractivity contribution in [3.05, 3.63) is 42.0 Å². The van der Waals surface area contributed by atoms with Crippen molar-refractivity contribution in [3.8, 4) is 0 Å². The third kappa shape index (κ3) is 3.25. The molecule has 0 spiro atoms. The fourth-order valence-electron chi connectivity index (χ4n) is 2.27. The fraction of sp³-hybridized carbons (Fsp3) is 0.312. The molecule has 2 aromatic carbocycles. The zero-order chi connectivity index (χ0) is 14.5. The maximum atomic E-state index is 11.3. The first-order valence-corrected chi connectivity index (χ1v) is 8.00. The highest BCUT2D eigenvalue weighted by molar-refractivity contribution is 7.98. The smallest absolute Gasteiger partial charge is 0.336 e. The van der Waals surface area contributed by atoms with E-state index in [1.807, 2.05) is 42.1 Å². The molecule has 2 N–H and O–H groups in total. The molecule has 0 saturated heterocycles. The number of carboxylic acids is 1. The minimum atomic E-state index is -0.886. The van der Waals surface area contributed by atoms with E-state index in [-0.39, 0.29) is 0 Å². The van der Waals surface area contributed by atoms with Gasteiger partial charge in [-0.2, -0.15) is 11.8 Å². The molecule has 0 amide bonds. The van der Waals surface area contributed by atoms with Gasteiger partial charge in [-0.25, -0.2) is 4.79 Å². The van der Waals surface area contributed by atoms with Gasteiger partial charge in [-0.15, -0.1) is 0 Å². The molecule has 0 saturated carbocycles. The fourth-order valence-corrected chi connectivity index (χ4v) is 2.95. The Morgan fingerprint density at radius 2 is 1.95 bits per heavy atom. The van der Waals surface area contributed by atoms with Crippen LogP contribution in [0.1, 0.15) is 17.3 Å². The molecule has 4 heteroatoms. The van der Waals surface area contributed by atoms with Gasteiger partial charge in [-0.1, -0.05) is 31.2 Å². The van der Waals surface area contributed by atoms with E-state index in [9.17, 15) is 9.90 Å². The number of rotatable bonds is 6. The molecular weight excluding hydrogens is 270 g/mol. The summed E-state index contributed by atoms with van der Waals surface area (Å²) >= 11 is 1.84. The number of nitrogens with one attached hydrogen (secondary N) is 1. The molecule has 106 valence electrons. The third-order valence-electron chi connectivity index (χ3n) is 3.25. The molecule has 3 nitrogen and oxygen atoms in total. The Morgan fingerprint density at radius 1 is 1.25 bits per heavy atom. The van der Waals surface area contributed by atoms with Crippen molar-refractivity contribution in [2.75, 3.05) is 23.9 Å². The molecule has 0 aliphatic carbocycles. The molecule has 0 aliphatic heterocycles. The number of anilines is 1. The number of benzene rings is 2. The highest BCUT2D eigenvalue weighted by Gasteiger charge is 2.11. The minimum absolute atomic E-state index is 0.350. The van der Waals surface area contributed by atoms with Crippen LogP contribution in [0.4, 0.5) is 5.69 Å². The second-order valence-electron chi connectivity index (χ2n) is 4.95. The van der Waals surface area contributed by atoms with Crippen LogP contribution in [0.3, 0.4) is 0 Å². The zero-order valence-corrected chi connectivity index (χ0v) is 12.5. The molecule has 0 bridgehead atoms. The number of carboxylic acid groups (broad SMARTS) is 1. The Kier molecular flexibility index (Phi) is 4.90. The highest BCUT2D eigenvalue weighted by atomic mass is 32.2. The van der Waals surface area contributed by atoms with Crippen LogP contribution in [0, 0.1) is 5.92 Å². The van der Waals surface area contributed by atoms with Gasteiger partial charge in [0.1, 0.15) is 0 Å². The minimum Gasteiger partial charge on any atom is -0.478 e. The summed E-state index contributed by atoms with van der Waals surface area (Å²) in [5, 5.41) is 14.4. The van der Waals surface area contributed by atoms with Crippen molar-refractivity contribution < 1.29 is 9.90 Å². The number of thioether (sulfide) groups is 1. The number of aromatic carboxylic acids is 1. The van der Waals surface area contributed by atoms with Gasteiger partial charge in [0.05, 0.1) is 5.56 Å². The van der Waals surface area contributed by atoms with E-state index in [4.69, 9.17) is 0 Å². The molecule has 2 aromatic rings. The molecule has 0 aromatic heterocycles. The van der Waals surface area contributed by atoms with Crippen LogP contribution in [0.15, 0.2) is 36.4 Å². The summed E-state index contributed by atoms with van der Waals surface area (Å²) in [5.74, 6) is 0.796. The summed E-state index contributed by atoms with van der Waals surface area (Å²) in [5.41, 5.74) is 1.35. The summed E-state index contributed by atoms with van der Waals surface area (Å²) in [6.07, 6.45) is 2.10. The second kappa shape index (κ2) is 6.66. The van der Waals surface area contributed by atoms with Crippen LogP contribution >= 0.6 is 11.8 Å². The SMILES string of the molecule is CSCC(C)CNc1ccc(C(=O)O)c2ccccc12. The van der Waals surface area contributed by atoms with Gasteiger partial charge in [0.2, 0.25) is 0 Å². The van der Waals surface area contributed by atoms with Crippen molar-refractivity contribution in [1.82, 2.24) is 0 Å². The Morgan fingerprint density at radius 3 is 2.60 bits per heavy atom. The molecule has 1 atom stereocenters. The van der Waals surface area contributed by atoms with Crippen molar-refractivity contribution in [3.63, 3.8) is 0 Å². The van der Waals surface area contributed by atoms with Gasteiger partial charge in [0.15, 0.2) is 0 Å². The first kappa shape index (κ1) is 14.7. The van der Waals surface area contributed by atoms with E-state index in [0.717, 1.165) is 28.8 Å². The number of fused-ring (bicyclic) bond motifs is 1. The van der Waals surface area contributed by atoms with Crippen LogP contribution in [0.5, 0.6) is 0 Å². The van der Waals surface area contributed by atoms with Crippen LogP contribution < -0.4 is 5.32 Å². The van der Waals surface area contributed by atoms with Gasteiger partial charge in [0.25, 0.3) is 0 Å². The van der Waals surface area contributed by atoms with Crippen molar-refractivity contribution in [2.24, 2.45) is 5.92 Å². The Labute approximate surface area is 123 Å². The van der Waals surface area contributed by atoms with E-state index < -0.39 is 5.97 Å². The third-order valence-corrected chi connectivity index (χ3v) is 4.15. The Bertz CT molecular complexity index is 612. The summed E-state index contributed by atoms with van der Waals surface area (Å²) < 4.78 is 0. The zero-order valence-electron chi connectivity index (χ0n) is 11.7. The molecule has 2 rings (SSSR count). The second-order valence-corrected chi connectivity index (χ2v) is 5.86. The van der Waals surface area contributed by atoms with Crippen molar-refractivity contribution in [1.29, 1.82) is 0 Å². The van der Waals surface area contributed by atoms with E-state index in [1.54, 1.807) is 6.07 Å². The van der Waals surface area contributed by atoms with E-state index >= 15 is 0 Å². The summed E-state index contributed by atoms with van der Waals surface area (Å²) in [7, 11) is 0. The van der Waals surface area contributed by atoms with Gasteiger partial charge >= 0.3 is 5.97 Å². The Balaban J connectivity index is 2.31. The van der Waals surface area contributed by atoms with Crippen LogP contribution in [0.2, 0.25) is 0 Å². The summed E-state index contributed by atoms with van der Waals surface area (Å²) in [4.78, 5) is 11.3. The molecular formula is C16H19NO2S. The number of carbonyl (C=O) groups is 1. The molecule has 0 aliphatic rings. The predicted molar refractivity (Wildman–Crippen MR) is 86.9 cm³/mol. The van der Waals surface area contributed by atoms with E-state index in [1.165, 1.54) is 0 Å². The first-order chi connectivity index (χ1) is 9.63. The molecule has 0 heterocycles. The molecule has 0 fully saturated rings. The lowest BCUT2D eigenvalue weighted by atomic mass is 10.0. The highest BCUT2D eigenvalue weighted by Crippen LogP contribution is 2.27. The lowest BCUT2D eigenvalue weighted by Gasteiger charge is -2.15. The molecule has 1 unspecified atom stereocenters. The quantitative estimate of drug-likeness (QED) is 0.845. The molecule has 0 radical (unpaired) electrons. The molecule has 20 heavy (non-hydrogen) atoms. The Hall–Kier alpha value is -1.68. The lowest BCUT2D eigenvalue weighted by Crippen LogP contribution is -2.13. The van der Waals surface area contributed by atoms with Crippen LogP contribution in [-0.2, 0) is 0 Å². The monoisotopic (exact) mass is 289 g/mol. The summed E-state index contributed by atoms with van der Waals surface area (Å²) in [6, 6.07) is 11.2. The topological polar surface area (TPSA) is 49.3 Å². The maximum absolute atomic E-state index is 11.3. The first-order valence-electron chi connectivity index (χ1n) is 6.61. The largest absolute Gasteiger partial charge is 0.478 e. The van der Waals surface area contributed by atoms with E-state index in [0.29, 0.717) is 11.5 Å².